The molecule has 0 radical (unpaired) electrons. The zero-order chi connectivity index (χ0) is 13.3. The largest absolute Gasteiger partial charge is 0.394 e. The predicted molar refractivity (Wildman–Crippen MR) is 79.3 cm³/mol. The average molecular weight is 259 g/mol. The summed E-state index contributed by atoms with van der Waals surface area (Å²) in [4.78, 5) is 0. The van der Waals surface area contributed by atoms with E-state index in [9.17, 15) is 5.11 Å². The molecule has 2 unspecified atom stereocenters. The second kappa shape index (κ2) is 5.16. The fourth-order valence-electron chi connectivity index (χ4n) is 3.70. The van der Waals surface area contributed by atoms with Gasteiger partial charge in [-0.2, -0.15) is 0 Å². The van der Waals surface area contributed by atoms with E-state index in [1.54, 1.807) is 0 Å². The smallest absolute Gasteiger partial charge is 0.0661 e. The van der Waals surface area contributed by atoms with E-state index < -0.39 is 0 Å². The lowest BCUT2D eigenvalue weighted by Crippen LogP contribution is -2.46. The van der Waals surface area contributed by atoms with Crippen LogP contribution in [0.5, 0.6) is 0 Å². The van der Waals surface area contributed by atoms with Crippen LogP contribution in [0.4, 0.5) is 5.69 Å². The molecule has 2 heteroatoms. The molecule has 1 aromatic carbocycles. The number of benzene rings is 1. The molecule has 2 atom stereocenters. The van der Waals surface area contributed by atoms with Crippen molar-refractivity contribution in [2.45, 2.75) is 51.0 Å². The van der Waals surface area contributed by atoms with Crippen LogP contribution in [0.15, 0.2) is 24.3 Å². The van der Waals surface area contributed by atoms with Gasteiger partial charge < -0.3 is 10.4 Å². The fourth-order valence-corrected chi connectivity index (χ4v) is 3.70. The Morgan fingerprint density at radius 3 is 2.79 bits per heavy atom. The van der Waals surface area contributed by atoms with Crippen molar-refractivity contribution in [3.63, 3.8) is 0 Å². The van der Waals surface area contributed by atoms with Crippen LogP contribution < -0.4 is 5.32 Å². The number of hydrogen-bond donors (Lipinski definition) is 2. The molecule has 0 spiro atoms. The van der Waals surface area contributed by atoms with Crippen LogP contribution >= 0.6 is 0 Å². The van der Waals surface area contributed by atoms with Gasteiger partial charge in [-0.15, -0.1) is 0 Å². The number of aryl methyl sites for hydroxylation is 1. The normalized spacial score (nSPS) is 31.2. The van der Waals surface area contributed by atoms with Crippen LogP contribution in [-0.4, -0.2) is 17.3 Å². The molecule has 2 nitrogen and oxygen atoms in total. The molecule has 2 fully saturated rings. The third kappa shape index (κ3) is 2.94. The maximum Gasteiger partial charge on any atom is 0.0661 e. The molecule has 2 saturated carbocycles. The van der Waals surface area contributed by atoms with Crippen LogP contribution in [0, 0.1) is 18.8 Å². The molecule has 0 aromatic heterocycles. The number of rotatable bonds is 4. The Hall–Kier alpha value is -1.02. The summed E-state index contributed by atoms with van der Waals surface area (Å²) in [6.45, 7) is 2.37. The van der Waals surface area contributed by atoms with E-state index in [0.717, 1.165) is 30.4 Å². The van der Waals surface area contributed by atoms with Crippen molar-refractivity contribution in [1.82, 2.24) is 0 Å². The minimum absolute atomic E-state index is 0.0840. The molecule has 1 aromatic rings. The Labute approximate surface area is 116 Å². The molecule has 3 rings (SSSR count). The van der Waals surface area contributed by atoms with Gasteiger partial charge in [0.25, 0.3) is 0 Å². The third-order valence-electron chi connectivity index (χ3n) is 4.90. The summed E-state index contributed by atoms with van der Waals surface area (Å²) in [5.74, 6) is 1.78. The van der Waals surface area contributed by atoms with Crippen molar-refractivity contribution < 1.29 is 5.11 Å². The van der Waals surface area contributed by atoms with E-state index in [1.165, 1.54) is 31.2 Å². The van der Waals surface area contributed by atoms with Crippen LogP contribution in [-0.2, 0) is 0 Å². The monoisotopic (exact) mass is 259 g/mol. The summed E-state index contributed by atoms with van der Waals surface area (Å²) in [6.07, 6.45) is 7.68. The maximum atomic E-state index is 9.93. The van der Waals surface area contributed by atoms with Gasteiger partial charge in [-0.1, -0.05) is 25.0 Å². The van der Waals surface area contributed by atoms with Gasteiger partial charge >= 0.3 is 0 Å². The standard InChI is InChI=1S/C17H25NO/c1-13-4-2-6-16(10-13)18-17(12-19)9-3-5-15(11-17)14-7-8-14/h2,4,6,10,14-15,18-19H,3,5,7-9,11-12H2,1H3. The van der Waals surface area contributed by atoms with E-state index >= 15 is 0 Å². The van der Waals surface area contributed by atoms with E-state index in [4.69, 9.17) is 0 Å². The Bertz CT molecular complexity index is 441. The molecule has 19 heavy (non-hydrogen) atoms. The number of aliphatic hydroxyl groups excluding tert-OH is 1. The third-order valence-corrected chi connectivity index (χ3v) is 4.90. The first-order chi connectivity index (χ1) is 9.21. The Kier molecular flexibility index (Phi) is 3.53. The lowest BCUT2D eigenvalue weighted by molar-refractivity contribution is 0.136. The Balaban J connectivity index is 1.74. The molecule has 0 aliphatic heterocycles. The van der Waals surface area contributed by atoms with Gasteiger partial charge in [-0.25, -0.2) is 0 Å². The lowest BCUT2D eigenvalue weighted by atomic mass is 9.74. The number of hydrogen-bond acceptors (Lipinski definition) is 2. The zero-order valence-electron chi connectivity index (χ0n) is 11.9. The summed E-state index contributed by atoms with van der Waals surface area (Å²) < 4.78 is 0. The highest BCUT2D eigenvalue weighted by Crippen LogP contribution is 2.47. The van der Waals surface area contributed by atoms with Gasteiger partial charge in [-0.05, 0) is 62.1 Å². The van der Waals surface area contributed by atoms with E-state index in [-0.39, 0.29) is 12.1 Å². The molecule has 104 valence electrons. The van der Waals surface area contributed by atoms with E-state index in [1.807, 2.05) is 0 Å². The first-order valence-electron chi connectivity index (χ1n) is 7.66. The summed E-state index contributed by atoms with van der Waals surface area (Å²) in [5, 5.41) is 13.6. The lowest BCUT2D eigenvalue weighted by Gasteiger charge is -2.41. The highest BCUT2D eigenvalue weighted by Gasteiger charge is 2.41. The molecule has 0 heterocycles. The van der Waals surface area contributed by atoms with Crippen molar-refractivity contribution in [3.8, 4) is 0 Å². The van der Waals surface area contributed by atoms with Crippen molar-refractivity contribution in [2.75, 3.05) is 11.9 Å². The van der Waals surface area contributed by atoms with Crippen molar-refractivity contribution in [3.05, 3.63) is 29.8 Å². The van der Waals surface area contributed by atoms with Crippen LogP contribution in [0.25, 0.3) is 0 Å². The Morgan fingerprint density at radius 2 is 2.11 bits per heavy atom. The first kappa shape index (κ1) is 13.0. The molecule has 0 saturated heterocycles. The summed E-state index contributed by atoms with van der Waals surface area (Å²) in [7, 11) is 0. The molecular formula is C17H25NO. The van der Waals surface area contributed by atoms with Gasteiger partial charge in [0.2, 0.25) is 0 Å². The van der Waals surface area contributed by atoms with Crippen molar-refractivity contribution in [1.29, 1.82) is 0 Å². The van der Waals surface area contributed by atoms with E-state index in [2.05, 4.69) is 36.5 Å². The average Bonchev–Trinajstić information content (AvgIpc) is 3.23. The molecule has 0 amide bonds. The predicted octanol–water partition coefficient (Wildman–Crippen LogP) is 3.74. The second-order valence-electron chi connectivity index (χ2n) is 6.63. The van der Waals surface area contributed by atoms with Crippen molar-refractivity contribution >= 4 is 5.69 Å². The highest BCUT2D eigenvalue weighted by atomic mass is 16.3. The molecular weight excluding hydrogens is 234 g/mol. The number of aliphatic hydroxyl groups is 1. The van der Waals surface area contributed by atoms with Crippen LogP contribution in [0.3, 0.4) is 0 Å². The molecule has 2 aliphatic rings. The van der Waals surface area contributed by atoms with Gasteiger partial charge in [0.1, 0.15) is 0 Å². The van der Waals surface area contributed by atoms with Gasteiger partial charge in [0.05, 0.1) is 12.1 Å². The van der Waals surface area contributed by atoms with Crippen LogP contribution in [0.2, 0.25) is 0 Å². The number of anilines is 1. The minimum atomic E-state index is -0.0840. The fraction of sp³-hybridized carbons (Fsp3) is 0.647. The van der Waals surface area contributed by atoms with Gasteiger partial charge in [-0.3, -0.25) is 0 Å². The van der Waals surface area contributed by atoms with Gasteiger partial charge in [0, 0.05) is 5.69 Å². The maximum absolute atomic E-state index is 9.93. The quantitative estimate of drug-likeness (QED) is 0.863. The van der Waals surface area contributed by atoms with Crippen molar-refractivity contribution in [2.24, 2.45) is 11.8 Å². The molecule has 0 bridgehead atoms. The van der Waals surface area contributed by atoms with Crippen LogP contribution in [0.1, 0.15) is 44.1 Å². The van der Waals surface area contributed by atoms with Gasteiger partial charge in [0.15, 0.2) is 0 Å². The zero-order valence-corrected chi connectivity index (χ0v) is 11.9. The highest BCUT2D eigenvalue weighted by molar-refractivity contribution is 5.48. The summed E-state index contributed by atoms with van der Waals surface area (Å²) >= 11 is 0. The second-order valence-corrected chi connectivity index (χ2v) is 6.63. The minimum Gasteiger partial charge on any atom is -0.394 e. The van der Waals surface area contributed by atoms with E-state index in [0.29, 0.717) is 0 Å². The first-order valence-corrected chi connectivity index (χ1v) is 7.66. The number of nitrogens with one attached hydrogen (secondary N) is 1. The topological polar surface area (TPSA) is 32.3 Å². The molecule has 2 N–H and O–H groups in total. The SMILES string of the molecule is Cc1cccc(NC2(CO)CCCC(C3CC3)C2)c1. The Morgan fingerprint density at radius 1 is 1.26 bits per heavy atom. The summed E-state index contributed by atoms with van der Waals surface area (Å²) in [5.41, 5.74) is 2.34. The molecule has 2 aliphatic carbocycles. The summed E-state index contributed by atoms with van der Waals surface area (Å²) in [6, 6.07) is 8.50.